The van der Waals surface area contributed by atoms with Gasteiger partial charge in [-0.3, -0.25) is 4.90 Å². The molecule has 4 nitrogen and oxygen atoms in total. The van der Waals surface area contributed by atoms with Crippen LogP contribution in [0.15, 0.2) is 24.5 Å². The maximum absolute atomic E-state index is 15.1. The molecule has 1 aromatic heterocycles. The molecule has 5 rings (SSSR count). The molecule has 2 aliphatic heterocycles. The predicted octanol–water partition coefficient (Wildman–Crippen LogP) is 2.59. The van der Waals surface area contributed by atoms with Crippen molar-refractivity contribution in [3.8, 4) is 0 Å². The van der Waals surface area contributed by atoms with E-state index in [1.807, 2.05) is 18.5 Å². The number of nitrogens with zero attached hydrogens (tertiary/aromatic N) is 3. The van der Waals surface area contributed by atoms with Crippen molar-refractivity contribution in [3.63, 3.8) is 0 Å². The Morgan fingerprint density at radius 1 is 1.16 bits per heavy atom. The molecule has 1 aromatic carbocycles. The summed E-state index contributed by atoms with van der Waals surface area (Å²) in [5.74, 6) is 1.32. The van der Waals surface area contributed by atoms with E-state index in [1.54, 1.807) is 0 Å². The van der Waals surface area contributed by atoms with Crippen LogP contribution in [-0.2, 0) is 12.8 Å². The highest BCUT2D eigenvalue weighted by Gasteiger charge is 2.31. The SMILES string of the molecule is Fc1c(Cc2ncc(C3CC3)cn2)ccc2c1CCN1CCNC[C@@H]21. The van der Waals surface area contributed by atoms with Crippen molar-refractivity contribution in [2.75, 3.05) is 26.2 Å². The molecule has 1 saturated carbocycles. The summed E-state index contributed by atoms with van der Waals surface area (Å²) in [5.41, 5.74) is 4.00. The first kappa shape index (κ1) is 15.4. The standard InChI is InChI=1S/C20H23FN4/c21-20-14(9-19-23-10-15(11-24-19)13-1-2-13)3-4-16-17(20)5-7-25-8-6-22-12-18(16)25/h3-4,10-11,13,18,22H,1-2,5-9,12H2/t18-/m0/s1. The fourth-order valence-corrected chi connectivity index (χ4v) is 4.22. The summed E-state index contributed by atoms with van der Waals surface area (Å²) in [4.78, 5) is 11.4. The summed E-state index contributed by atoms with van der Waals surface area (Å²) >= 11 is 0. The highest BCUT2D eigenvalue weighted by atomic mass is 19.1. The maximum atomic E-state index is 15.1. The maximum Gasteiger partial charge on any atom is 0.132 e. The second-order valence-corrected chi connectivity index (χ2v) is 7.50. The van der Waals surface area contributed by atoms with Gasteiger partial charge in [-0.25, -0.2) is 14.4 Å². The monoisotopic (exact) mass is 338 g/mol. The van der Waals surface area contributed by atoms with Crippen molar-refractivity contribution in [1.82, 2.24) is 20.2 Å². The largest absolute Gasteiger partial charge is 0.314 e. The number of nitrogens with one attached hydrogen (secondary N) is 1. The number of hydrogen-bond acceptors (Lipinski definition) is 4. The second kappa shape index (κ2) is 6.15. The number of halogens is 1. The smallest absolute Gasteiger partial charge is 0.132 e. The Kier molecular flexibility index (Phi) is 3.79. The Balaban J connectivity index is 1.41. The van der Waals surface area contributed by atoms with Crippen LogP contribution in [0.3, 0.4) is 0 Å². The minimum absolute atomic E-state index is 0.0439. The van der Waals surface area contributed by atoms with Gasteiger partial charge in [-0.1, -0.05) is 12.1 Å². The van der Waals surface area contributed by atoms with E-state index in [1.165, 1.54) is 18.4 Å². The van der Waals surface area contributed by atoms with Crippen LogP contribution in [0.25, 0.3) is 0 Å². The molecule has 1 aliphatic carbocycles. The highest BCUT2D eigenvalue weighted by Crippen LogP contribution is 2.39. The summed E-state index contributed by atoms with van der Waals surface area (Å²) in [6.45, 7) is 3.94. The van der Waals surface area contributed by atoms with Crippen molar-refractivity contribution in [1.29, 1.82) is 0 Å². The molecular formula is C20H23FN4. The first-order valence-electron chi connectivity index (χ1n) is 9.35. The first-order chi connectivity index (χ1) is 12.3. The lowest BCUT2D eigenvalue weighted by Crippen LogP contribution is -2.49. The third-order valence-corrected chi connectivity index (χ3v) is 5.84. The second-order valence-electron chi connectivity index (χ2n) is 7.50. The summed E-state index contributed by atoms with van der Waals surface area (Å²) in [7, 11) is 0. The zero-order valence-corrected chi connectivity index (χ0v) is 14.3. The molecular weight excluding hydrogens is 315 g/mol. The van der Waals surface area contributed by atoms with Gasteiger partial charge in [-0.15, -0.1) is 0 Å². The molecule has 1 saturated heterocycles. The number of rotatable bonds is 3. The van der Waals surface area contributed by atoms with E-state index in [4.69, 9.17) is 0 Å². The van der Waals surface area contributed by atoms with Gasteiger partial charge in [0.05, 0.1) is 0 Å². The number of piperazine rings is 1. The molecule has 0 spiro atoms. The van der Waals surface area contributed by atoms with Crippen LogP contribution in [0, 0.1) is 5.82 Å². The number of hydrogen-bond donors (Lipinski definition) is 1. The summed E-state index contributed by atoms with van der Waals surface area (Å²) in [5, 5.41) is 3.43. The molecule has 0 bridgehead atoms. The van der Waals surface area contributed by atoms with Crippen molar-refractivity contribution in [2.24, 2.45) is 0 Å². The van der Waals surface area contributed by atoms with Gasteiger partial charge in [0.1, 0.15) is 11.6 Å². The van der Waals surface area contributed by atoms with Crippen molar-refractivity contribution in [3.05, 3.63) is 58.4 Å². The molecule has 0 unspecified atom stereocenters. The zero-order chi connectivity index (χ0) is 16.8. The predicted molar refractivity (Wildman–Crippen MR) is 94.1 cm³/mol. The normalized spacial score (nSPS) is 23.2. The molecule has 3 heterocycles. The molecule has 1 atom stereocenters. The molecule has 3 aliphatic rings. The lowest BCUT2D eigenvalue weighted by atomic mass is 9.89. The minimum atomic E-state index is -0.0439. The zero-order valence-electron chi connectivity index (χ0n) is 14.3. The molecule has 1 N–H and O–H groups in total. The van der Waals surface area contributed by atoms with E-state index in [0.717, 1.165) is 49.3 Å². The minimum Gasteiger partial charge on any atom is -0.314 e. The molecule has 2 aromatic rings. The van der Waals surface area contributed by atoms with Gasteiger partial charge >= 0.3 is 0 Å². The number of aromatic nitrogens is 2. The van der Waals surface area contributed by atoms with Crippen LogP contribution in [0.4, 0.5) is 4.39 Å². The van der Waals surface area contributed by atoms with Crippen LogP contribution in [0.1, 0.15) is 52.9 Å². The summed E-state index contributed by atoms with van der Waals surface area (Å²) in [6, 6.07) is 4.37. The van der Waals surface area contributed by atoms with Crippen molar-refractivity contribution < 1.29 is 4.39 Å². The average Bonchev–Trinajstić information content (AvgIpc) is 3.49. The number of benzene rings is 1. The number of fused-ring (bicyclic) bond motifs is 3. The molecule has 2 fully saturated rings. The van der Waals surface area contributed by atoms with E-state index in [-0.39, 0.29) is 5.82 Å². The Bertz CT molecular complexity index is 785. The van der Waals surface area contributed by atoms with E-state index < -0.39 is 0 Å². The van der Waals surface area contributed by atoms with Crippen LogP contribution in [-0.4, -0.2) is 41.0 Å². The fraction of sp³-hybridized carbons (Fsp3) is 0.500. The van der Waals surface area contributed by atoms with E-state index in [0.29, 0.717) is 24.2 Å². The molecule has 5 heteroatoms. The summed E-state index contributed by atoms with van der Waals surface area (Å²) < 4.78 is 15.1. The van der Waals surface area contributed by atoms with Gasteiger partial charge in [0, 0.05) is 51.0 Å². The van der Waals surface area contributed by atoms with Gasteiger partial charge in [0.25, 0.3) is 0 Å². The van der Waals surface area contributed by atoms with E-state index >= 15 is 4.39 Å². The third-order valence-electron chi connectivity index (χ3n) is 5.84. The first-order valence-corrected chi connectivity index (χ1v) is 9.35. The molecule has 130 valence electrons. The van der Waals surface area contributed by atoms with E-state index in [9.17, 15) is 0 Å². The van der Waals surface area contributed by atoms with Gasteiger partial charge in [0.15, 0.2) is 0 Å². The quantitative estimate of drug-likeness (QED) is 0.934. The average molecular weight is 338 g/mol. The topological polar surface area (TPSA) is 41.1 Å². The van der Waals surface area contributed by atoms with Crippen LogP contribution < -0.4 is 5.32 Å². The Hall–Kier alpha value is -1.85. The fourth-order valence-electron chi connectivity index (χ4n) is 4.22. The lowest BCUT2D eigenvalue weighted by molar-refractivity contribution is 0.150. The lowest BCUT2D eigenvalue weighted by Gasteiger charge is -2.41. The van der Waals surface area contributed by atoms with Crippen LogP contribution in [0.2, 0.25) is 0 Å². The summed E-state index contributed by atoms with van der Waals surface area (Å²) in [6.07, 6.45) is 7.60. The van der Waals surface area contributed by atoms with Crippen LogP contribution in [0.5, 0.6) is 0 Å². The van der Waals surface area contributed by atoms with Crippen LogP contribution >= 0.6 is 0 Å². The van der Waals surface area contributed by atoms with Gasteiger partial charge in [-0.2, -0.15) is 0 Å². The third kappa shape index (κ3) is 2.85. The molecule has 0 radical (unpaired) electrons. The van der Waals surface area contributed by atoms with Gasteiger partial charge in [0.2, 0.25) is 0 Å². The van der Waals surface area contributed by atoms with Gasteiger partial charge < -0.3 is 5.32 Å². The highest BCUT2D eigenvalue weighted by molar-refractivity contribution is 5.39. The van der Waals surface area contributed by atoms with Gasteiger partial charge in [-0.05, 0) is 47.4 Å². The molecule has 25 heavy (non-hydrogen) atoms. The van der Waals surface area contributed by atoms with Crippen molar-refractivity contribution >= 4 is 0 Å². The van der Waals surface area contributed by atoms with E-state index in [2.05, 4.69) is 26.3 Å². The molecule has 0 amide bonds. The van der Waals surface area contributed by atoms with Crippen molar-refractivity contribution in [2.45, 2.75) is 37.6 Å². The Morgan fingerprint density at radius 2 is 2.00 bits per heavy atom. The Labute approximate surface area is 147 Å². The Morgan fingerprint density at radius 3 is 2.80 bits per heavy atom.